The molecule has 0 radical (unpaired) electrons. The van der Waals surface area contributed by atoms with Crippen molar-refractivity contribution >= 4 is 5.91 Å². The molecule has 2 aromatic carbocycles. The zero-order valence-corrected chi connectivity index (χ0v) is 16.8. The third-order valence-corrected chi connectivity index (χ3v) is 5.06. The lowest BCUT2D eigenvalue weighted by Crippen LogP contribution is -2.49. The van der Waals surface area contributed by atoms with Crippen molar-refractivity contribution in [3.8, 4) is 17.2 Å². The predicted molar refractivity (Wildman–Crippen MR) is 109 cm³/mol. The highest BCUT2D eigenvalue weighted by molar-refractivity contribution is 5.95. The summed E-state index contributed by atoms with van der Waals surface area (Å²) < 4.78 is 16.2. The van der Waals surface area contributed by atoms with E-state index in [-0.39, 0.29) is 5.91 Å². The van der Waals surface area contributed by atoms with Crippen LogP contribution < -0.4 is 14.2 Å². The van der Waals surface area contributed by atoms with E-state index in [9.17, 15) is 4.79 Å². The number of methoxy groups -OCH3 is 2. The molecule has 1 amide bonds. The van der Waals surface area contributed by atoms with Crippen molar-refractivity contribution in [2.75, 3.05) is 53.6 Å². The van der Waals surface area contributed by atoms with Gasteiger partial charge in [0.2, 0.25) is 0 Å². The second-order valence-electron chi connectivity index (χ2n) is 6.84. The first-order valence-corrected chi connectivity index (χ1v) is 9.54. The van der Waals surface area contributed by atoms with Crippen molar-refractivity contribution in [2.45, 2.75) is 6.92 Å². The highest BCUT2D eigenvalue weighted by atomic mass is 16.5. The number of rotatable bonds is 7. The highest BCUT2D eigenvalue weighted by Gasteiger charge is 2.23. The maximum absolute atomic E-state index is 12.8. The molecule has 0 aromatic heterocycles. The third-order valence-electron chi connectivity index (χ3n) is 5.06. The molecule has 0 N–H and O–H groups in total. The van der Waals surface area contributed by atoms with Crippen LogP contribution in [0.3, 0.4) is 0 Å². The molecule has 0 saturated carbocycles. The van der Waals surface area contributed by atoms with Crippen LogP contribution in [-0.4, -0.2) is 69.3 Å². The molecule has 0 bridgehead atoms. The summed E-state index contributed by atoms with van der Waals surface area (Å²) in [5.41, 5.74) is 1.69. The Labute approximate surface area is 166 Å². The van der Waals surface area contributed by atoms with Crippen LogP contribution in [0.1, 0.15) is 15.9 Å². The first kappa shape index (κ1) is 20.0. The van der Waals surface area contributed by atoms with Crippen LogP contribution in [-0.2, 0) is 0 Å². The molecule has 0 unspecified atom stereocenters. The summed E-state index contributed by atoms with van der Waals surface area (Å²) in [6.45, 7) is 6.58. The lowest BCUT2D eigenvalue weighted by Gasteiger charge is -2.35. The van der Waals surface area contributed by atoms with Crippen molar-refractivity contribution in [3.05, 3.63) is 53.6 Å². The minimum atomic E-state index is 0.0919. The number of hydrogen-bond donors (Lipinski definition) is 0. The average Bonchev–Trinajstić information content (AvgIpc) is 2.74. The Hall–Kier alpha value is -2.73. The Morgan fingerprint density at radius 3 is 2.11 bits per heavy atom. The number of amides is 1. The Kier molecular flexibility index (Phi) is 6.76. The minimum Gasteiger partial charge on any atom is -0.497 e. The number of benzene rings is 2. The molecule has 3 rings (SSSR count). The third kappa shape index (κ3) is 4.95. The molecule has 1 heterocycles. The number of hydrogen-bond acceptors (Lipinski definition) is 5. The summed E-state index contributed by atoms with van der Waals surface area (Å²) in [5.74, 6) is 2.52. The summed E-state index contributed by atoms with van der Waals surface area (Å²) in [7, 11) is 3.28. The van der Waals surface area contributed by atoms with Gasteiger partial charge in [-0.2, -0.15) is 0 Å². The highest BCUT2D eigenvalue weighted by Crippen LogP contribution is 2.19. The van der Waals surface area contributed by atoms with Crippen LogP contribution in [0.2, 0.25) is 0 Å². The van der Waals surface area contributed by atoms with Crippen LogP contribution >= 0.6 is 0 Å². The number of piperazine rings is 1. The maximum Gasteiger partial charge on any atom is 0.254 e. The lowest BCUT2D eigenvalue weighted by molar-refractivity contribution is 0.0619. The van der Waals surface area contributed by atoms with Gasteiger partial charge in [-0.3, -0.25) is 9.69 Å². The molecule has 0 spiro atoms. The Morgan fingerprint density at radius 1 is 0.893 bits per heavy atom. The van der Waals surface area contributed by atoms with E-state index in [2.05, 4.69) is 4.90 Å². The lowest BCUT2D eigenvalue weighted by atomic mass is 10.1. The van der Waals surface area contributed by atoms with Crippen molar-refractivity contribution in [2.24, 2.45) is 0 Å². The quantitative estimate of drug-likeness (QED) is 0.735. The summed E-state index contributed by atoms with van der Waals surface area (Å²) in [6, 6.07) is 13.2. The van der Waals surface area contributed by atoms with Crippen LogP contribution in [0.5, 0.6) is 17.2 Å². The van der Waals surface area contributed by atoms with Gasteiger partial charge in [-0.25, -0.2) is 0 Å². The molecule has 2 aromatic rings. The monoisotopic (exact) mass is 384 g/mol. The first-order valence-electron chi connectivity index (χ1n) is 9.54. The van der Waals surface area contributed by atoms with Gasteiger partial charge in [-0.15, -0.1) is 0 Å². The van der Waals surface area contributed by atoms with Gasteiger partial charge >= 0.3 is 0 Å². The van der Waals surface area contributed by atoms with Gasteiger partial charge in [0.1, 0.15) is 23.9 Å². The molecule has 6 heteroatoms. The van der Waals surface area contributed by atoms with Crippen LogP contribution in [0, 0.1) is 6.92 Å². The molecule has 1 aliphatic rings. The summed E-state index contributed by atoms with van der Waals surface area (Å²) in [5, 5.41) is 0. The fourth-order valence-electron chi connectivity index (χ4n) is 3.31. The number of carbonyl (C=O) groups is 1. The Morgan fingerprint density at radius 2 is 1.50 bits per heavy atom. The standard InChI is InChI=1S/C22H28N2O4/c1-17-16-20(27-3)8-9-21(17)22(25)24-12-10-23(11-13-24)14-15-28-19-6-4-18(26-2)5-7-19/h4-9,16H,10-15H2,1-3H3. The normalized spacial score (nSPS) is 14.6. The first-order chi connectivity index (χ1) is 13.6. The molecule has 28 heavy (non-hydrogen) atoms. The molecule has 0 atom stereocenters. The zero-order chi connectivity index (χ0) is 19.9. The van der Waals surface area contributed by atoms with Crippen LogP contribution in [0.25, 0.3) is 0 Å². The summed E-state index contributed by atoms with van der Waals surface area (Å²) in [6.07, 6.45) is 0. The maximum atomic E-state index is 12.8. The fourth-order valence-corrected chi connectivity index (χ4v) is 3.31. The number of aryl methyl sites for hydroxylation is 1. The molecule has 6 nitrogen and oxygen atoms in total. The summed E-state index contributed by atoms with van der Waals surface area (Å²) in [4.78, 5) is 17.1. The molecular formula is C22H28N2O4. The zero-order valence-electron chi connectivity index (χ0n) is 16.8. The van der Waals surface area contributed by atoms with Crippen molar-refractivity contribution in [1.82, 2.24) is 9.80 Å². The largest absolute Gasteiger partial charge is 0.497 e. The van der Waals surface area contributed by atoms with Crippen LogP contribution in [0.15, 0.2) is 42.5 Å². The van der Waals surface area contributed by atoms with E-state index in [1.807, 2.05) is 54.3 Å². The molecular weight excluding hydrogens is 356 g/mol. The number of nitrogens with zero attached hydrogens (tertiary/aromatic N) is 2. The van der Waals surface area contributed by atoms with E-state index < -0.39 is 0 Å². The second-order valence-corrected chi connectivity index (χ2v) is 6.84. The van der Waals surface area contributed by atoms with Gasteiger partial charge < -0.3 is 19.1 Å². The van der Waals surface area contributed by atoms with Crippen molar-refractivity contribution in [1.29, 1.82) is 0 Å². The molecule has 150 valence electrons. The number of carbonyl (C=O) groups excluding carboxylic acids is 1. The number of ether oxygens (including phenoxy) is 3. The van der Waals surface area contributed by atoms with Gasteiger partial charge in [-0.05, 0) is 55.0 Å². The van der Waals surface area contributed by atoms with E-state index in [1.165, 1.54) is 0 Å². The van der Waals surface area contributed by atoms with E-state index in [0.717, 1.165) is 61.1 Å². The topological polar surface area (TPSA) is 51.2 Å². The van der Waals surface area contributed by atoms with Crippen molar-refractivity contribution in [3.63, 3.8) is 0 Å². The van der Waals surface area contributed by atoms with E-state index in [0.29, 0.717) is 6.61 Å². The van der Waals surface area contributed by atoms with Gasteiger partial charge in [0.15, 0.2) is 0 Å². The Balaban J connectivity index is 1.44. The molecule has 1 aliphatic heterocycles. The average molecular weight is 384 g/mol. The van der Waals surface area contributed by atoms with Crippen molar-refractivity contribution < 1.29 is 19.0 Å². The van der Waals surface area contributed by atoms with E-state index >= 15 is 0 Å². The SMILES string of the molecule is COc1ccc(OCCN2CCN(C(=O)c3ccc(OC)cc3C)CC2)cc1. The van der Waals surface area contributed by atoms with Gasteiger partial charge in [0, 0.05) is 38.3 Å². The van der Waals surface area contributed by atoms with Gasteiger partial charge in [0.25, 0.3) is 5.91 Å². The molecule has 1 saturated heterocycles. The van der Waals surface area contributed by atoms with E-state index in [1.54, 1.807) is 14.2 Å². The smallest absolute Gasteiger partial charge is 0.254 e. The fraction of sp³-hybridized carbons (Fsp3) is 0.409. The molecule has 0 aliphatic carbocycles. The molecule has 1 fully saturated rings. The summed E-state index contributed by atoms with van der Waals surface area (Å²) >= 11 is 0. The van der Waals surface area contributed by atoms with Crippen LogP contribution in [0.4, 0.5) is 0 Å². The minimum absolute atomic E-state index is 0.0919. The predicted octanol–water partition coefficient (Wildman–Crippen LogP) is 2.85. The van der Waals surface area contributed by atoms with E-state index in [4.69, 9.17) is 14.2 Å². The Bertz CT molecular complexity index is 784. The second kappa shape index (κ2) is 9.46. The van der Waals surface area contributed by atoms with Gasteiger partial charge in [-0.1, -0.05) is 0 Å². The van der Waals surface area contributed by atoms with Gasteiger partial charge in [0.05, 0.1) is 14.2 Å².